The topological polar surface area (TPSA) is 127 Å². The van der Waals surface area contributed by atoms with Crippen LogP contribution in [-0.2, 0) is 28.7 Å². The van der Waals surface area contributed by atoms with Crippen molar-refractivity contribution in [3.8, 4) is 0 Å². The van der Waals surface area contributed by atoms with Crippen LogP contribution in [0.5, 0.6) is 0 Å². The lowest BCUT2D eigenvalue weighted by atomic mass is 9.79. The van der Waals surface area contributed by atoms with Crippen molar-refractivity contribution in [1.29, 1.82) is 0 Å². The van der Waals surface area contributed by atoms with Crippen LogP contribution in [0.25, 0.3) is 0 Å². The summed E-state index contributed by atoms with van der Waals surface area (Å²) in [5, 5.41) is 19.3. The molecule has 0 radical (unpaired) electrons. The Bertz CT molecular complexity index is 1300. The van der Waals surface area contributed by atoms with Crippen molar-refractivity contribution in [2.24, 2.45) is 5.41 Å². The number of carbonyl (C=O) groups is 4. The highest BCUT2D eigenvalue weighted by atomic mass is 32.2. The molecule has 0 saturated carbocycles. The number of rotatable bonds is 72. The molecule has 0 heterocycles. The van der Waals surface area contributed by atoms with Crippen molar-refractivity contribution >= 4 is 47.4 Å². The molecule has 0 amide bonds. The fourth-order valence-corrected chi connectivity index (χ4v) is 13.9. The van der Waals surface area contributed by atoms with E-state index in [-0.39, 0.29) is 18.4 Å². The number of hydrogen-bond acceptors (Lipinski definition) is 8. The summed E-state index contributed by atoms with van der Waals surface area (Å²) in [7, 11) is 0. The molecular weight excluding hydrogens is 1100 g/mol. The van der Waals surface area contributed by atoms with Gasteiger partial charge in [0.25, 0.3) is 0 Å². The van der Waals surface area contributed by atoms with E-state index >= 15 is 0 Å². The molecule has 0 spiro atoms. The maximum absolute atomic E-state index is 12.5. The summed E-state index contributed by atoms with van der Waals surface area (Å²) in [6.45, 7) is 10.2. The first-order chi connectivity index (χ1) is 42.2. The highest BCUT2D eigenvalue weighted by Crippen LogP contribution is 2.36. The Morgan fingerprint density at radius 1 is 0.279 bits per heavy atom. The van der Waals surface area contributed by atoms with Gasteiger partial charge in [0.1, 0.15) is 0 Å². The van der Waals surface area contributed by atoms with E-state index < -0.39 is 17.4 Å². The number of thioether (sulfide) groups is 2. The predicted octanol–water partition coefficient (Wildman–Crippen LogP) is 25.6. The van der Waals surface area contributed by atoms with Crippen molar-refractivity contribution in [2.75, 3.05) is 36.2 Å². The maximum atomic E-state index is 12.5. The SMILES string of the molecule is CCCCCCCCCCCCCCCCC(CCCCCCCCCCCCCCCC)(CSCCC(=O)O)C(=O)O.CCCCCCCCCCCCCCCCOC(=O)CCSCCC(=O)OCCCCCCCCCCCCCCCC. The number of aliphatic carboxylic acids is 2. The van der Waals surface area contributed by atoms with Gasteiger partial charge in [0.05, 0.1) is 37.9 Å². The third-order valence-corrected chi connectivity index (χ3v) is 20.0. The third-order valence-electron chi connectivity index (χ3n) is 17.7. The predicted molar refractivity (Wildman–Crippen MR) is 379 cm³/mol. The highest BCUT2D eigenvalue weighted by molar-refractivity contribution is 7.99. The molecule has 0 bridgehead atoms. The van der Waals surface area contributed by atoms with Gasteiger partial charge >= 0.3 is 23.9 Å². The summed E-state index contributed by atoms with van der Waals surface area (Å²) < 4.78 is 10.7. The Balaban J connectivity index is 0. The van der Waals surface area contributed by atoms with E-state index in [2.05, 4.69) is 27.7 Å². The second kappa shape index (κ2) is 74.3. The van der Waals surface area contributed by atoms with Gasteiger partial charge in [-0.3, -0.25) is 19.2 Å². The summed E-state index contributed by atoms with van der Waals surface area (Å²) >= 11 is 3.16. The number of esters is 2. The summed E-state index contributed by atoms with van der Waals surface area (Å²) in [6.07, 6.45) is 76.2. The lowest BCUT2D eigenvalue weighted by molar-refractivity contribution is -0.148. The average Bonchev–Trinajstić information content (AvgIpc) is 3.63. The van der Waals surface area contributed by atoms with Crippen molar-refractivity contribution in [1.82, 2.24) is 0 Å². The van der Waals surface area contributed by atoms with Crippen LogP contribution in [0.1, 0.15) is 419 Å². The van der Waals surface area contributed by atoms with E-state index in [1.54, 1.807) is 11.8 Å². The fourth-order valence-electron chi connectivity index (χ4n) is 11.8. The Kier molecular flexibility index (Phi) is 74.9. The van der Waals surface area contributed by atoms with Crippen LogP contribution >= 0.6 is 23.5 Å². The fraction of sp³-hybridized carbons (Fsp3) is 0.947. The molecule has 0 aromatic rings. The van der Waals surface area contributed by atoms with Crippen molar-refractivity contribution in [2.45, 2.75) is 419 Å². The van der Waals surface area contributed by atoms with Crippen molar-refractivity contribution in [3.63, 3.8) is 0 Å². The minimum atomic E-state index is -0.799. The van der Waals surface area contributed by atoms with Gasteiger partial charge in [-0.05, 0) is 25.7 Å². The monoisotopic (exact) mass is 1250 g/mol. The van der Waals surface area contributed by atoms with Gasteiger partial charge in [0, 0.05) is 23.0 Å². The second-order valence-corrected chi connectivity index (χ2v) is 28.5. The highest BCUT2D eigenvalue weighted by Gasteiger charge is 2.37. The molecule has 0 rings (SSSR count). The molecule has 0 aliphatic rings. The summed E-state index contributed by atoms with van der Waals surface area (Å²) in [5.74, 6) is 0.791. The van der Waals surface area contributed by atoms with Crippen LogP contribution in [0.2, 0.25) is 0 Å². The molecule has 0 unspecified atom stereocenters. The normalized spacial score (nSPS) is 11.5. The van der Waals surface area contributed by atoms with Gasteiger partial charge in [0.2, 0.25) is 0 Å². The van der Waals surface area contributed by atoms with Crippen molar-refractivity contribution in [3.05, 3.63) is 0 Å². The molecule has 0 atom stereocenters. The molecule has 0 aliphatic heterocycles. The van der Waals surface area contributed by atoms with E-state index in [4.69, 9.17) is 14.6 Å². The van der Waals surface area contributed by atoms with Crippen LogP contribution in [0.15, 0.2) is 0 Å². The zero-order valence-corrected chi connectivity index (χ0v) is 59.7. The Morgan fingerprint density at radius 3 is 0.709 bits per heavy atom. The van der Waals surface area contributed by atoms with Crippen LogP contribution < -0.4 is 0 Å². The number of unbranched alkanes of at least 4 members (excludes halogenated alkanes) is 52. The maximum Gasteiger partial charge on any atom is 0.310 e. The van der Waals surface area contributed by atoms with Gasteiger partial charge < -0.3 is 19.7 Å². The zero-order chi connectivity index (χ0) is 63.0. The second-order valence-electron chi connectivity index (χ2n) is 26.2. The summed E-state index contributed by atoms with van der Waals surface area (Å²) in [4.78, 5) is 47.3. The van der Waals surface area contributed by atoms with Crippen LogP contribution in [0.3, 0.4) is 0 Å². The van der Waals surface area contributed by atoms with Gasteiger partial charge in [-0.25, -0.2) is 0 Å². The number of carbonyl (C=O) groups excluding carboxylic acids is 2. The van der Waals surface area contributed by atoms with Crippen molar-refractivity contribution < 1.29 is 38.9 Å². The van der Waals surface area contributed by atoms with Crippen LogP contribution in [-0.4, -0.2) is 70.3 Å². The number of carboxylic acids is 2. The number of hydrogen-bond donors (Lipinski definition) is 2. The van der Waals surface area contributed by atoms with Gasteiger partial charge in [0.15, 0.2) is 0 Å². The minimum Gasteiger partial charge on any atom is -0.481 e. The van der Waals surface area contributed by atoms with Gasteiger partial charge in [-0.1, -0.05) is 374 Å². The van der Waals surface area contributed by atoms with Gasteiger partial charge in [-0.2, -0.15) is 23.5 Å². The minimum absolute atomic E-state index is 0.109. The standard InChI is InChI=1S/2C38H74O4S/c1-3-5-7-9-11-13-15-17-19-21-23-25-27-29-33-41-37(39)31-35-43-36-32-38(40)42-34-30-28-26-24-22-20-18-16-14-12-10-8-6-4-2;1-3-5-7-9-11-13-15-17-19-21-23-25-27-29-32-38(37(41)42,35-43-34-31-36(39)40)33-30-28-26-24-22-20-18-16-14-12-10-8-6-4-2/h3-36H2,1-2H3;3-35H2,1-2H3,(H,39,40)(H,41,42). The van der Waals surface area contributed by atoms with E-state index in [1.807, 2.05) is 0 Å². The molecule has 2 N–H and O–H groups in total. The largest absolute Gasteiger partial charge is 0.481 e. The van der Waals surface area contributed by atoms with E-state index in [1.165, 1.54) is 320 Å². The molecule has 0 aromatic heterocycles. The quantitative estimate of drug-likeness (QED) is 0.0449. The molecule has 0 aromatic carbocycles. The first-order valence-corrected chi connectivity index (χ1v) is 40.4. The lowest BCUT2D eigenvalue weighted by Gasteiger charge is -2.29. The lowest BCUT2D eigenvalue weighted by Crippen LogP contribution is -2.34. The third kappa shape index (κ3) is 70.0. The molecule has 0 saturated heterocycles. The van der Waals surface area contributed by atoms with Gasteiger partial charge in [-0.15, -0.1) is 0 Å². The molecule has 8 nitrogen and oxygen atoms in total. The average molecular weight is 1250 g/mol. The molecule has 10 heteroatoms. The first kappa shape index (κ1) is 86.6. The van der Waals surface area contributed by atoms with E-state index in [0.29, 0.717) is 49.1 Å². The van der Waals surface area contributed by atoms with E-state index in [9.17, 15) is 24.3 Å². The van der Waals surface area contributed by atoms with Crippen LogP contribution in [0.4, 0.5) is 0 Å². The Morgan fingerprint density at radius 2 is 0.488 bits per heavy atom. The number of ether oxygens (including phenoxy) is 2. The Labute approximate surface area is 544 Å². The molecular formula is C76H148O8S2. The first-order valence-electron chi connectivity index (χ1n) is 38.1. The molecule has 86 heavy (non-hydrogen) atoms. The summed E-state index contributed by atoms with van der Waals surface area (Å²) in [6, 6.07) is 0. The van der Waals surface area contributed by atoms with Crippen LogP contribution in [0, 0.1) is 5.41 Å². The molecule has 0 fully saturated rings. The summed E-state index contributed by atoms with van der Waals surface area (Å²) in [5.41, 5.74) is -0.697. The Hall–Kier alpha value is -1.42. The zero-order valence-electron chi connectivity index (χ0n) is 58.0. The molecule has 512 valence electrons. The van der Waals surface area contributed by atoms with E-state index in [0.717, 1.165) is 64.2 Å². The smallest absolute Gasteiger partial charge is 0.310 e. The number of carboxylic acid groups (broad SMARTS) is 2. The molecule has 0 aliphatic carbocycles.